The summed E-state index contributed by atoms with van der Waals surface area (Å²) in [6, 6.07) is 2.95. The summed E-state index contributed by atoms with van der Waals surface area (Å²) in [6.07, 6.45) is -2.40. The molecular weight excluding hydrogens is 413 g/mol. The van der Waals surface area contributed by atoms with Crippen LogP contribution in [0.25, 0.3) is 11.0 Å². The minimum atomic E-state index is -4.62. The maximum atomic E-state index is 13.9. The number of aliphatic hydroxyl groups is 1. The van der Waals surface area contributed by atoms with E-state index in [-0.39, 0.29) is 29.2 Å². The predicted octanol–water partition coefficient (Wildman–Crippen LogP) is 3.25. The first-order valence-corrected chi connectivity index (χ1v) is 10.6. The molecule has 2 heterocycles. The Labute approximate surface area is 178 Å². The largest absolute Gasteiger partial charge is 0.492 e. The third kappa shape index (κ3) is 4.63. The lowest BCUT2D eigenvalue weighted by Gasteiger charge is -2.39. The number of carbonyl (C=O) groups is 1. The minimum absolute atomic E-state index is 0.0918. The zero-order valence-corrected chi connectivity index (χ0v) is 17.7. The van der Waals surface area contributed by atoms with Crippen LogP contribution >= 0.6 is 0 Å². The number of aromatic nitrogens is 3. The molecular formula is C21H27F3N4O3. The summed E-state index contributed by atoms with van der Waals surface area (Å²) in [7, 11) is 0. The second-order valence-corrected chi connectivity index (χ2v) is 9.12. The molecule has 1 unspecified atom stereocenters. The lowest BCUT2D eigenvalue weighted by atomic mass is 9.81. The molecule has 1 amide bonds. The van der Waals surface area contributed by atoms with Gasteiger partial charge in [0, 0.05) is 25.0 Å². The average Bonchev–Trinajstić information content (AvgIpc) is 3.44. The Balaban J connectivity index is 1.51. The number of hydrogen-bond acceptors (Lipinski definition) is 5. The Hall–Kier alpha value is -2.36. The highest BCUT2D eigenvalue weighted by Gasteiger charge is 2.40. The fourth-order valence-corrected chi connectivity index (χ4v) is 4.02. The lowest BCUT2D eigenvalue weighted by Crippen LogP contribution is -2.47. The molecule has 1 aliphatic carbocycles. The number of rotatable bonds is 6. The first-order valence-electron chi connectivity index (χ1n) is 10.6. The molecule has 31 heavy (non-hydrogen) atoms. The molecule has 0 bridgehead atoms. The Morgan fingerprint density at radius 1 is 1.32 bits per heavy atom. The monoisotopic (exact) mass is 440 g/mol. The highest BCUT2D eigenvalue weighted by atomic mass is 19.4. The standard InChI is InChI=1S/C21H27F3N4O3/c1-13(29)19(30)27-9-7-20(2,8-10-27)12-31-16-6-5-15-18(17(16)21(22,23)24)25-26-28(15)11-14-3-4-14/h5-6,13-14,29H,3-4,7-12H2,1-2H3. The van der Waals surface area contributed by atoms with Gasteiger partial charge in [0.2, 0.25) is 0 Å². The Morgan fingerprint density at radius 2 is 2.00 bits per heavy atom. The molecule has 1 aromatic heterocycles. The van der Waals surface area contributed by atoms with Gasteiger partial charge >= 0.3 is 6.18 Å². The van der Waals surface area contributed by atoms with Gasteiger partial charge in [-0.05, 0) is 50.7 Å². The fourth-order valence-electron chi connectivity index (χ4n) is 4.02. The van der Waals surface area contributed by atoms with E-state index in [1.54, 1.807) is 15.6 Å². The van der Waals surface area contributed by atoms with E-state index in [0.717, 1.165) is 12.8 Å². The van der Waals surface area contributed by atoms with Crippen LogP contribution in [-0.2, 0) is 17.5 Å². The molecule has 1 saturated carbocycles. The zero-order chi connectivity index (χ0) is 22.4. The second-order valence-electron chi connectivity index (χ2n) is 9.12. The quantitative estimate of drug-likeness (QED) is 0.746. The number of halogens is 3. The number of alkyl halides is 3. The number of carbonyl (C=O) groups excluding carboxylic acids is 1. The van der Waals surface area contributed by atoms with Gasteiger partial charge in [0.25, 0.3) is 5.91 Å². The highest BCUT2D eigenvalue weighted by Crippen LogP contribution is 2.42. The molecule has 2 aromatic rings. The van der Waals surface area contributed by atoms with Gasteiger partial charge in [0.1, 0.15) is 22.9 Å². The minimum Gasteiger partial charge on any atom is -0.492 e. The van der Waals surface area contributed by atoms with Gasteiger partial charge in [0.05, 0.1) is 12.1 Å². The van der Waals surface area contributed by atoms with Gasteiger partial charge < -0.3 is 14.7 Å². The molecule has 2 fully saturated rings. The smallest absolute Gasteiger partial charge is 0.422 e. The summed E-state index contributed by atoms with van der Waals surface area (Å²) in [5.41, 5.74) is -1.09. The van der Waals surface area contributed by atoms with E-state index in [1.807, 2.05) is 6.92 Å². The third-order valence-electron chi connectivity index (χ3n) is 6.28. The van der Waals surface area contributed by atoms with Crippen LogP contribution in [0.3, 0.4) is 0 Å². The number of hydrogen-bond donors (Lipinski definition) is 1. The van der Waals surface area contributed by atoms with Crippen molar-refractivity contribution in [3.05, 3.63) is 17.7 Å². The van der Waals surface area contributed by atoms with E-state index in [0.29, 0.717) is 43.9 Å². The van der Waals surface area contributed by atoms with Crippen LogP contribution in [0.2, 0.25) is 0 Å². The Bertz CT molecular complexity index is 961. The number of aliphatic hydroxyl groups excluding tert-OH is 1. The van der Waals surface area contributed by atoms with E-state index < -0.39 is 17.8 Å². The molecule has 0 radical (unpaired) electrons. The molecule has 1 aromatic carbocycles. The normalized spacial score (nSPS) is 20.1. The fraction of sp³-hybridized carbons (Fsp3) is 0.667. The van der Waals surface area contributed by atoms with Crippen molar-refractivity contribution in [2.75, 3.05) is 19.7 Å². The zero-order valence-electron chi connectivity index (χ0n) is 17.7. The van der Waals surface area contributed by atoms with Crippen molar-refractivity contribution >= 4 is 16.9 Å². The average molecular weight is 440 g/mol. The number of piperidine rings is 1. The topological polar surface area (TPSA) is 80.5 Å². The maximum absolute atomic E-state index is 13.9. The molecule has 10 heteroatoms. The first-order chi connectivity index (χ1) is 14.6. The van der Waals surface area contributed by atoms with E-state index in [2.05, 4.69) is 10.3 Å². The number of fused-ring (bicyclic) bond motifs is 1. The van der Waals surface area contributed by atoms with Gasteiger partial charge in [-0.25, -0.2) is 4.68 Å². The summed E-state index contributed by atoms with van der Waals surface area (Å²) < 4.78 is 49.0. The summed E-state index contributed by atoms with van der Waals surface area (Å²) in [5, 5.41) is 17.2. The van der Waals surface area contributed by atoms with Gasteiger partial charge in [0.15, 0.2) is 0 Å². The summed E-state index contributed by atoms with van der Waals surface area (Å²) >= 11 is 0. The van der Waals surface area contributed by atoms with E-state index in [1.165, 1.54) is 13.0 Å². The highest BCUT2D eigenvalue weighted by molar-refractivity contribution is 5.81. The Kier molecular flexibility index (Phi) is 5.61. The summed E-state index contributed by atoms with van der Waals surface area (Å²) in [5.74, 6) is -0.120. The van der Waals surface area contributed by atoms with E-state index >= 15 is 0 Å². The van der Waals surface area contributed by atoms with Crippen LogP contribution in [0.15, 0.2) is 12.1 Å². The predicted molar refractivity (Wildman–Crippen MR) is 106 cm³/mol. The SMILES string of the molecule is CC(O)C(=O)N1CCC(C)(COc2ccc3c(nnn3CC3CC3)c2C(F)(F)F)CC1. The maximum Gasteiger partial charge on any atom is 0.422 e. The number of ether oxygens (including phenoxy) is 1. The van der Waals surface area contributed by atoms with E-state index in [9.17, 15) is 23.1 Å². The van der Waals surface area contributed by atoms with Gasteiger partial charge in [-0.2, -0.15) is 13.2 Å². The van der Waals surface area contributed by atoms with Crippen molar-refractivity contribution in [3.8, 4) is 5.75 Å². The number of likely N-dealkylation sites (tertiary alicyclic amines) is 1. The number of nitrogens with zero attached hydrogens (tertiary/aromatic N) is 4. The second kappa shape index (κ2) is 7.96. The molecule has 7 nitrogen and oxygen atoms in total. The van der Waals surface area contributed by atoms with Gasteiger partial charge in [-0.1, -0.05) is 12.1 Å². The molecule has 0 spiro atoms. The van der Waals surface area contributed by atoms with Crippen molar-refractivity contribution in [2.45, 2.75) is 58.4 Å². The summed E-state index contributed by atoms with van der Waals surface area (Å²) in [6.45, 7) is 4.90. The van der Waals surface area contributed by atoms with Crippen molar-refractivity contribution in [3.63, 3.8) is 0 Å². The molecule has 4 rings (SSSR count). The van der Waals surface area contributed by atoms with Crippen molar-refractivity contribution in [1.82, 2.24) is 19.9 Å². The van der Waals surface area contributed by atoms with Gasteiger partial charge in [-0.15, -0.1) is 5.10 Å². The molecule has 1 N–H and O–H groups in total. The molecule has 1 saturated heterocycles. The van der Waals surface area contributed by atoms with E-state index in [4.69, 9.17) is 4.74 Å². The van der Waals surface area contributed by atoms with Crippen LogP contribution in [0.4, 0.5) is 13.2 Å². The number of amides is 1. The molecule has 170 valence electrons. The molecule has 1 atom stereocenters. The summed E-state index contributed by atoms with van der Waals surface area (Å²) in [4.78, 5) is 13.5. The number of benzene rings is 1. The van der Waals surface area contributed by atoms with Crippen molar-refractivity contribution in [1.29, 1.82) is 0 Å². The van der Waals surface area contributed by atoms with Crippen LogP contribution in [0, 0.1) is 11.3 Å². The molecule has 2 aliphatic rings. The Morgan fingerprint density at radius 3 is 2.58 bits per heavy atom. The van der Waals surface area contributed by atoms with Crippen LogP contribution in [0.5, 0.6) is 5.75 Å². The van der Waals surface area contributed by atoms with Gasteiger partial charge in [-0.3, -0.25) is 4.79 Å². The van der Waals surface area contributed by atoms with Crippen molar-refractivity contribution < 1.29 is 27.8 Å². The van der Waals surface area contributed by atoms with Crippen LogP contribution in [-0.4, -0.2) is 56.7 Å². The molecule has 1 aliphatic heterocycles. The third-order valence-corrected chi connectivity index (χ3v) is 6.28. The van der Waals surface area contributed by atoms with Crippen LogP contribution < -0.4 is 4.74 Å². The van der Waals surface area contributed by atoms with Crippen molar-refractivity contribution in [2.24, 2.45) is 11.3 Å². The first kappa shape index (κ1) is 21.9. The van der Waals surface area contributed by atoms with Crippen LogP contribution in [0.1, 0.15) is 45.1 Å². The lowest BCUT2D eigenvalue weighted by molar-refractivity contribution is -0.142.